The van der Waals surface area contributed by atoms with Crippen LogP contribution in [0.2, 0.25) is 0 Å². The highest BCUT2D eigenvalue weighted by Crippen LogP contribution is 2.30. The maximum absolute atomic E-state index is 3.61. The third-order valence-corrected chi connectivity index (χ3v) is 4.62. The van der Waals surface area contributed by atoms with Crippen LogP contribution in [0.3, 0.4) is 0 Å². The highest BCUT2D eigenvalue weighted by molar-refractivity contribution is 4.92. The van der Waals surface area contributed by atoms with Crippen molar-refractivity contribution in [2.75, 3.05) is 19.6 Å². The van der Waals surface area contributed by atoms with Crippen LogP contribution < -0.4 is 5.32 Å². The van der Waals surface area contributed by atoms with Crippen molar-refractivity contribution < 1.29 is 0 Å². The molecule has 2 nitrogen and oxygen atoms in total. The Morgan fingerprint density at radius 2 is 1.88 bits per heavy atom. The van der Waals surface area contributed by atoms with Crippen molar-refractivity contribution in [2.24, 2.45) is 11.8 Å². The van der Waals surface area contributed by atoms with E-state index in [1.165, 1.54) is 51.7 Å². The van der Waals surface area contributed by atoms with Gasteiger partial charge in [0.1, 0.15) is 0 Å². The van der Waals surface area contributed by atoms with E-state index < -0.39 is 0 Å². The van der Waals surface area contributed by atoms with Gasteiger partial charge in [0.25, 0.3) is 0 Å². The number of nitrogens with zero attached hydrogens (tertiary/aromatic N) is 1. The van der Waals surface area contributed by atoms with E-state index in [0.29, 0.717) is 0 Å². The van der Waals surface area contributed by atoms with Crippen molar-refractivity contribution in [1.82, 2.24) is 10.2 Å². The molecule has 1 aliphatic heterocycles. The summed E-state index contributed by atoms with van der Waals surface area (Å²) in [5.74, 6) is 1.68. The van der Waals surface area contributed by atoms with Gasteiger partial charge in [0.2, 0.25) is 0 Å². The van der Waals surface area contributed by atoms with Crippen LogP contribution in [-0.4, -0.2) is 36.6 Å². The standard InChI is InChI=1S/C15H30N2/c1-4-13-9-16-10-15(13)17(11-12(2)3)14-7-5-6-8-14/h12-16H,4-11H2,1-3H3. The Hall–Kier alpha value is -0.0800. The molecule has 0 aromatic rings. The van der Waals surface area contributed by atoms with Crippen LogP contribution >= 0.6 is 0 Å². The molecule has 0 bridgehead atoms. The van der Waals surface area contributed by atoms with Gasteiger partial charge in [-0.3, -0.25) is 4.90 Å². The molecule has 1 saturated carbocycles. The Morgan fingerprint density at radius 3 is 2.47 bits per heavy atom. The Balaban J connectivity index is 2.02. The van der Waals surface area contributed by atoms with E-state index >= 15 is 0 Å². The van der Waals surface area contributed by atoms with Gasteiger partial charge in [-0.25, -0.2) is 0 Å². The molecule has 0 radical (unpaired) electrons. The Morgan fingerprint density at radius 1 is 1.18 bits per heavy atom. The fourth-order valence-corrected chi connectivity index (χ4v) is 3.74. The second-order valence-electron chi connectivity index (χ2n) is 6.42. The van der Waals surface area contributed by atoms with Gasteiger partial charge in [-0.1, -0.05) is 40.0 Å². The summed E-state index contributed by atoms with van der Waals surface area (Å²) in [6.07, 6.45) is 7.13. The predicted octanol–water partition coefficient (Wildman–Crippen LogP) is 2.89. The van der Waals surface area contributed by atoms with Gasteiger partial charge < -0.3 is 5.32 Å². The SMILES string of the molecule is CCC1CNCC1N(CC(C)C)C1CCCC1. The van der Waals surface area contributed by atoms with Gasteiger partial charge in [-0.15, -0.1) is 0 Å². The molecule has 0 spiro atoms. The molecule has 1 N–H and O–H groups in total. The lowest BCUT2D eigenvalue weighted by Gasteiger charge is -2.38. The summed E-state index contributed by atoms with van der Waals surface area (Å²) in [5.41, 5.74) is 0. The van der Waals surface area contributed by atoms with Crippen molar-refractivity contribution >= 4 is 0 Å². The van der Waals surface area contributed by atoms with E-state index in [2.05, 4.69) is 31.0 Å². The summed E-state index contributed by atoms with van der Waals surface area (Å²) in [6, 6.07) is 1.70. The van der Waals surface area contributed by atoms with Crippen LogP contribution in [0, 0.1) is 11.8 Å². The molecule has 17 heavy (non-hydrogen) atoms. The van der Waals surface area contributed by atoms with Crippen molar-refractivity contribution in [3.8, 4) is 0 Å². The van der Waals surface area contributed by atoms with Crippen LogP contribution in [0.15, 0.2) is 0 Å². The number of rotatable bonds is 5. The summed E-state index contributed by atoms with van der Waals surface area (Å²) in [7, 11) is 0. The first-order chi connectivity index (χ1) is 8.22. The largest absolute Gasteiger partial charge is 0.315 e. The molecule has 1 heterocycles. The van der Waals surface area contributed by atoms with Crippen molar-refractivity contribution in [1.29, 1.82) is 0 Å². The zero-order chi connectivity index (χ0) is 12.3. The first-order valence-corrected chi connectivity index (χ1v) is 7.68. The monoisotopic (exact) mass is 238 g/mol. The first-order valence-electron chi connectivity index (χ1n) is 7.68. The molecule has 2 rings (SSSR count). The molecule has 0 aromatic carbocycles. The molecule has 2 aliphatic rings. The molecule has 1 aliphatic carbocycles. The van der Waals surface area contributed by atoms with Crippen molar-refractivity contribution in [3.05, 3.63) is 0 Å². The predicted molar refractivity (Wildman–Crippen MR) is 74.2 cm³/mol. The summed E-state index contributed by atoms with van der Waals surface area (Å²) >= 11 is 0. The molecular formula is C15H30N2. The second kappa shape index (κ2) is 6.19. The maximum Gasteiger partial charge on any atom is 0.0263 e. The molecule has 0 amide bonds. The topological polar surface area (TPSA) is 15.3 Å². The van der Waals surface area contributed by atoms with Crippen LogP contribution in [0.5, 0.6) is 0 Å². The smallest absolute Gasteiger partial charge is 0.0263 e. The maximum atomic E-state index is 3.61. The van der Waals surface area contributed by atoms with Crippen LogP contribution in [0.25, 0.3) is 0 Å². The van der Waals surface area contributed by atoms with Gasteiger partial charge in [0.05, 0.1) is 0 Å². The molecule has 2 fully saturated rings. The molecule has 0 aromatic heterocycles. The number of nitrogens with one attached hydrogen (secondary N) is 1. The van der Waals surface area contributed by atoms with E-state index in [0.717, 1.165) is 23.9 Å². The van der Waals surface area contributed by atoms with E-state index in [4.69, 9.17) is 0 Å². The normalized spacial score (nSPS) is 30.9. The van der Waals surface area contributed by atoms with Gasteiger partial charge >= 0.3 is 0 Å². The summed E-state index contributed by atoms with van der Waals surface area (Å²) < 4.78 is 0. The Kier molecular flexibility index (Phi) is 4.87. The molecule has 2 atom stereocenters. The lowest BCUT2D eigenvalue weighted by molar-refractivity contribution is 0.101. The van der Waals surface area contributed by atoms with E-state index in [9.17, 15) is 0 Å². The van der Waals surface area contributed by atoms with Gasteiger partial charge in [-0.2, -0.15) is 0 Å². The Bertz CT molecular complexity index is 221. The molecule has 1 saturated heterocycles. The lowest BCUT2D eigenvalue weighted by Crippen LogP contribution is -2.47. The Labute approximate surface area is 107 Å². The van der Waals surface area contributed by atoms with Crippen LogP contribution in [-0.2, 0) is 0 Å². The van der Waals surface area contributed by atoms with Gasteiger partial charge in [0.15, 0.2) is 0 Å². The van der Waals surface area contributed by atoms with Crippen molar-refractivity contribution in [3.63, 3.8) is 0 Å². The van der Waals surface area contributed by atoms with E-state index in [1.54, 1.807) is 0 Å². The third kappa shape index (κ3) is 3.23. The average molecular weight is 238 g/mol. The minimum absolute atomic E-state index is 0.800. The third-order valence-electron chi connectivity index (χ3n) is 4.62. The van der Waals surface area contributed by atoms with Crippen molar-refractivity contribution in [2.45, 2.75) is 65.0 Å². The molecule has 2 unspecified atom stereocenters. The fraction of sp³-hybridized carbons (Fsp3) is 1.00. The van der Waals surface area contributed by atoms with E-state index in [-0.39, 0.29) is 0 Å². The number of hydrogen-bond acceptors (Lipinski definition) is 2. The zero-order valence-electron chi connectivity index (χ0n) is 11.9. The molecular weight excluding hydrogens is 208 g/mol. The fourth-order valence-electron chi connectivity index (χ4n) is 3.74. The quantitative estimate of drug-likeness (QED) is 0.792. The first kappa shape index (κ1) is 13.4. The zero-order valence-corrected chi connectivity index (χ0v) is 11.9. The van der Waals surface area contributed by atoms with Crippen LogP contribution in [0.1, 0.15) is 52.9 Å². The van der Waals surface area contributed by atoms with Gasteiger partial charge in [-0.05, 0) is 31.2 Å². The summed E-state index contributed by atoms with van der Waals surface area (Å²) in [5, 5.41) is 3.61. The lowest BCUT2D eigenvalue weighted by atomic mass is 9.96. The molecule has 2 heteroatoms. The average Bonchev–Trinajstić information content (AvgIpc) is 2.96. The second-order valence-corrected chi connectivity index (χ2v) is 6.42. The molecule has 100 valence electrons. The van der Waals surface area contributed by atoms with Crippen LogP contribution in [0.4, 0.5) is 0 Å². The summed E-state index contributed by atoms with van der Waals surface area (Å²) in [4.78, 5) is 2.87. The summed E-state index contributed by atoms with van der Waals surface area (Å²) in [6.45, 7) is 10.8. The highest BCUT2D eigenvalue weighted by atomic mass is 15.2. The van der Waals surface area contributed by atoms with E-state index in [1.807, 2.05) is 0 Å². The minimum atomic E-state index is 0.800. The van der Waals surface area contributed by atoms with Gasteiger partial charge in [0, 0.05) is 25.2 Å². The number of hydrogen-bond donors (Lipinski definition) is 1. The highest BCUT2D eigenvalue weighted by Gasteiger charge is 2.35. The minimum Gasteiger partial charge on any atom is -0.315 e.